The number of pyridine rings is 2. The number of likely N-dealkylation sites (tertiary alicyclic amines) is 1. The minimum atomic E-state index is -1.53. The van der Waals surface area contributed by atoms with Crippen molar-refractivity contribution >= 4 is 91.9 Å². The number of amides is 2. The predicted molar refractivity (Wildman–Crippen MR) is 289 cm³/mol. The molecule has 0 radical (unpaired) electrons. The first-order valence-electron chi connectivity index (χ1n) is 24.4. The van der Waals surface area contributed by atoms with Crippen LogP contribution in [0.25, 0.3) is 45.6 Å². The van der Waals surface area contributed by atoms with Gasteiger partial charge >= 0.3 is 12.0 Å². The fourth-order valence-electron chi connectivity index (χ4n) is 9.30. The van der Waals surface area contributed by atoms with Gasteiger partial charge in [-0.05, 0) is 63.7 Å². The van der Waals surface area contributed by atoms with Gasteiger partial charge in [0, 0.05) is 83.7 Å². The number of fused-ring (bicyclic) bond motifs is 6. The predicted octanol–water partition coefficient (Wildman–Crippen LogP) is 6.24. The maximum Gasteiger partial charge on any atom is 0.340 e. The van der Waals surface area contributed by atoms with E-state index in [-0.39, 0.29) is 89.9 Å². The van der Waals surface area contributed by atoms with Crippen molar-refractivity contribution in [2.24, 2.45) is 0 Å². The molecule has 4 N–H and O–H groups in total. The number of ether oxygens (including phenoxy) is 3. The minimum absolute atomic E-state index is 0.000970. The van der Waals surface area contributed by atoms with Crippen molar-refractivity contribution in [3.05, 3.63) is 120 Å². The maximum absolute atomic E-state index is 16.4. The number of anilines is 3. The zero-order chi connectivity index (χ0) is 56.0. The van der Waals surface area contributed by atoms with Crippen molar-refractivity contribution in [3.8, 4) is 23.5 Å². The second-order valence-corrected chi connectivity index (χ2v) is 19.2. The van der Waals surface area contributed by atoms with Gasteiger partial charge in [-0.3, -0.25) is 14.4 Å². The number of benzene rings is 2. The molecule has 404 valence electrons. The monoisotopic (exact) mass is 1100 g/mol. The highest BCUT2D eigenvalue weighted by atomic mass is 35.5. The molecule has 4 aromatic heterocycles. The Morgan fingerprint density at radius 1 is 1.12 bits per heavy atom. The van der Waals surface area contributed by atoms with Crippen molar-refractivity contribution in [3.63, 3.8) is 0 Å². The number of esters is 1. The molecular weight excluding hydrogens is 1040 g/mol. The summed E-state index contributed by atoms with van der Waals surface area (Å²) in [6.07, 6.45) is 2.09. The zero-order valence-electron chi connectivity index (χ0n) is 42.9. The number of nitrogen functional groups attached to an aromatic ring is 1. The van der Waals surface area contributed by atoms with Crippen molar-refractivity contribution in [2.75, 3.05) is 69.4 Å². The Balaban J connectivity index is 0.000000229. The van der Waals surface area contributed by atoms with E-state index in [2.05, 4.69) is 39.9 Å². The number of nitrogens with two attached hydrogens (primary N) is 1. The Kier molecular flexibility index (Phi) is 18.2. The molecule has 0 spiro atoms. The first-order chi connectivity index (χ1) is 37.0. The molecular formula is C54H56ClF3N10O8S. The lowest BCUT2D eigenvalue weighted by Crippen LogP contribution is -2.50. The molecule has 4 aliphatic heterocycles. The maximum atomic E-state index is 16.4. The van der Waals surface area contributed by atoms with Crippen molar-refractivity contribution in [1.82, 2.24) is 29.3 Å². The number of likely N-dealkylation sites (N-methyl/N-ethyl adjacent to an activating group) is 1. The number of hydrogen-bond donors (Lipinski definition) is 3. The number of thiophene rings is 1. The summed E-state index contributed by atoms with van der Waals surface area (Å²) in [5, 5.41) is 23.2. The van der Waals surface area contributed by atoms with Gasteiger partial charge in [-0.25, -0.2) is 22.9 Å². The van der Waals surface area contributed by atoms with Crippen LogP contribution in [0.15, 0.2) is 60.4 Å². The van der Waals surface area contributed by atoms with Gasteiger partial charge in [0.15, 0.2) is 11.9 Å². The number of hydrogen-bond acceptors (Lipinski definition) is 16. The molecule has 0 bridgehead atoms. The van der Waals surface area contributed by atoms with Gasteiger partial charge in [-0.1, -0.05) is 32.0 Å². The summed E-state index contributed by atoms with van der Waals surface area (Å²) in [6.45, 7) is 18.6. The molecule has 2 aromatic carbocycles. The van der Waals surface area contributed by atoms with Crippen LogP contribution >= 0.6 is 22.9 Å². The summed E-state index contributed by atoms with van der Waals surface area (Å²) in [5.74, 6) is -1.99. The van der Waals surface area contributed by atoms with Crippen LogP contribution in [0.3, 0.4) is 0 Å². The molecule has 3 unspecified atom stereocenters. The van der Waals surface area contributed by atoms with Crippen LogP contribution in [0, 0.1) is 23.0 Å². The zero-order valence-corrected chi connectivity index (χ0v) is 44.5. The summed E-state index contributed by atoms with van der Waals surface area (Å²) in [4.78, 5) is 67.5. The molecule has 2 fully saturated rings. The summed E-state index contributed by atoms with van der Waals surface area (Å²) >= 11 is 7.52. The number of carbonyl (C=O) groups excluding carboxylic acids is 3. The van der Waals surface area contributed by atoms with E-state index in [9.17, 15) is 38.3 Å². The number of aliphatic hydroxyl groups is 1. The lowest BCUT2D eigenvalue weighted by atomic mass is 10.0. The third-order valence-electron chi connectivity index (χ3n) is 13.5. The summed E-state index contributed by atoms with van der Waals surface area (Å²) in [6, 6.07) is 9.69. The normalized spacial score (nSPS) is 17.3. The smallest absolute Gasteiger partial charge is 0.340 e. The third kappa shape index (κ3) is 11.3. The van der Waals surface area contributed by atoms with E-state index in [4.69, 9.17) is 36.5 Å². The number of nitrogens with one attached hydrogen (secondary N) is 1. The van der Waals surface area contributed by atoms with Gasteiger partial charge < -0.3 is 49.6 Å². The van der Waals surface area contributed by atoms with E-state index >= 15 is 4.39 Å². The fraction of sp³-hybridized carbons (Fsp3) is 0.333. The number of nitriles is 1. The highest BCUT2D eigenvalue weighted by Gasteiger charge is 2.34. The second-order valence-electron chi connectivity index (χ2n) is 17.7. The molecule has 2 saturated heterocycles. The summed E-state index contributed by atoms with van der Waals surface area (Å²) < 4.78 is 62.0. The molecule has 2 amide bonds. The Bertz CT molecular complexity index is 3550. The molecule has 6 aromatic rings. The number of halogens is 4. The van der Waals surface area contributed by atoms with E-state index in [1.807, 2.05) is 31.9 Å². The SMILES string of the molecule is C=C.C=C(C(=O)N1CCN(c2nc(OCC3CCCN3C)nc3c(F)c(/C=c4\c(C#N)c(N)s\c4=C/F)c(Cl)cc23)CC1)C(C)OC.CC.O=CNc1cc2cc3c(nc2cc1F)-c1cc2c(c(=O)n1C3)COC(=O)C2O. The summed E-state index contributed by atoms with van der Waals surface area (Å²) in [7, 11) is 3.55. The Morgan fingerprint density at radius 2 is 1.84 bits per heavy atom. The molecule has 0 saturated carbocycles. The molecule has 23 heteroatoms. The number of cyclic esters (lactones) is 1. The molecule has 10 rings (SSSR count). The molecule has 77 heavy (non-hydrogen) atoms. The van der Waals surface area contributed by atoms with Crippen LogP contribution in [-0.4, -0.2) is 118 Å². The van der Waals surface area contributed by atoms with E-state index in [0.29, 0.717) is 84.6 Å². The fourth-order valence-corrected chi connectivity index (χ4v) is 10.4. The largest absolute Gasteiger partial charge is 0.462 e. The van der Waals surface area contributed by atoms with Gasteiger partial charge in [-0.15, -0.1) is 24.5 Å². The lowest BCUT2D eigenvalue weighted by Gasteiger charge is -2.36. The summed E-state index contributed by atoms with van der Waals surface area (Å²) in [5.41, 5.74) is 8.32. The minimum Gasteiger partial charge on any atom is -0.462 e. The average Bonchev–Trinajstić information content (AvgIpc) is 4.17. The van der Waals surface area contributed by atoms with E-state index in [1.165, 1.54) is 29.9 Å². The van der Waals surface area contributed by atoms with Crippen LogP contribution < -0.4 is 36.0 Å². The Labute approximate surface area is 449 Å². The number of aromatic nitrogens is 4. The average molecular weight is 1100 g/mol. The standard InChI is InChI=1S/C31H34ClF2N7O3S.C19H12FN3O5.C2H6.C2H4/c1-17(18(2)43-4)30(42)41-10-8-40(9-11-41)29-22-13-24(32)21(12-20-23(15-35)28(36)45-25(20)14-33)26(34)27(22)37-31(38-29)44-16-19-6-5-7-39(19)3;20-12-4-13-8(2-14(12)21-7-24)1-9-5-23-15(16(9)22-13)3-10-11(18(23)26)6-28-19(27)17(10)25;2*1-2/h12-14,18-19H,1,5-11,16,36H2,2-4H3;1-4,7,17,25H,5-6H2,(H,21,24);1-2H3;1-2H2/b20-12+,25-14-;;;. The topological polar surface area (TPSA) is 231 Å². The Morgan fingerprint density at radius 3 is 2.49 bits per heavy atom. The van der Waals surface area contributed by atoms with Crippen LogP contribution in [0.2, 0.25) is 5.02 Å². The molecule has 0 aliphatic carbocycles. The van der Waals surface area contributed by atoms with Gasteiger partial charge in [0.2, 0.25) is 6.41 Å². The van der Waals surface area contributed by atoms with Crippen molar-refractivity contribution < 1.29 is 46.9 Å². The molecule has 3 atom stereocenters. The number of nitrogens with zero attached hydrogens (tertiary/aromatic N) is 8. The van der Waals surface area contributed by atoms with Crippen molar-refractivity contribution in [2.45, 2.75) is 65.0 Å². The van der Waals surface area contributed by atoms with E-state index < -0.39 is 29.8 Å². The van der Waals surface area contributed by atoms with Crippen LogP contribution in [-0.2, 0) is 37.0 Å². The van der Waals surface area contributed by atoms with Gasteiger partial charge in [-0.2, -0.15) is 15.2 Å². The van der Waals surface area contributed by atoms with E-state index in [1.54, 1.807) is 30.0 Å². The van der Waals surface area contributed by atoms with Crippen LogP contribution in [0.4, 0.5) is 29.7 Å². The quantitative estimate of drug-likeness (QED) is 0.0596. The number of piperazine rings is 1. The molecule has 18 nitrogen and oxygen atoms in total. The lowest BCUT2D eigenvalue weighted by molar-refractivity contribution is -0.157. The van der Waals surface area contributed by atoms with Crippen LogP contribution in [0.1, 0.15) is 67.5 Å². The third-order valence-corrected chi connectivity index (χ3v) is 14.8. The van der Waals surface area contributed by atoms with Gasteiger partial charge in [0.1, 0.15) is 47.8 Å². The van der Waals surface area contributed by atoms with Gasteiger partial charge in [0.25, 0.3) is 11.5 Å². The number of carbonyl (C=O) groups is 3. The van der Waals surface area contributed by atoms with Crippen molar-refractivity contribution in [1.29, 1.82) is 5.26 Å². The number of aliphatic hydroxyl groups excluding tert-OH is 1. The molecule has 8 heterocycles. The first kappa shape index (κ1) is 57.0. The van der Waals surface area contributed by atoms with Gasteiger partial charge in [0.05, 0.1) is 55.9 Å². The molecule has 4 aliphatic rings. The first-order valence-corrected chi connectivity index (χ1v) is 25.6. The highest BCUT2D eigenvalue weighted by Crippen LogP contribution is 2.37. The number of rotatable bonds is 10. The van der Waals surface area contributed by atoms with E-state index in [0.717, 1.165) is 36.3 Å². The second kappa shape index (κ2) is 24.5. The number of methoxy groups -OCH3 is 1. The highest BCUT2D eigenvalue weighted by molar-refractivity contribution is 7.14. The van der Waals surface area contributed by atoms with Crippen LogP contribution in [0.5, 0.6) is 6.01 Å². The Hall–Kier alpha value is -7.68.